The van der Waals surface area contributed by atoms with E-state index in [0.29, 0.717) is 5.25 Å². The van der Waals surface area contributed by atoms with Gasteiger partial charge in [0.1, 0.15) is 4.88 Å². The number of aryl methyl sites for hydroxylation is 1. The first-order valence-electron chi connectivity index (χ1n) is 8.06. The number of hydrogen-bond acceptors (Lipinski definition) is 5. The van der Waals surface area contributed by atoms with Crippen molar-refractivity contribution in [1.29, 1.82) is 0 Å². The number of benzene rings is 1. The number of amides is 1. The van der Waals surface area contributed by atoms with Gasteiger partial charge in [0.25, 0.3) is 5.91 Å². The van der Waals surface area contributed by atoms with Gasteiger partial charge in [0.15, 0.2) is 0 Å². The van der Waals surface area contributed by atoms with Gasteiger partial charge in [0.2, 0.25) is 0 Å². The van der Waals surface area contributed by atoms with Gasteiger partial charge in [-0.1, -0.05) is 48.2 Å². The molecule has 1 unspecified atom stereocenters. The summed E-state index contributed by atoms with van der Waals surface area (Å²) in [6.07, 6.45) is 2.81. The number of carbonyl (C=O) groups excluding carboxylic acids is 1. The largest absolute Gasteiger partial charge is 0.337 e. The van der Waals surface area contributed by atoms with E-state index in [0.717, 1.165) is 48.7 Å². The summed E-state index contributed by atoms with van der Waals surface area (Å²) in [4.78, 5) is 15.5. The van der Waals surface area contributed by atoms with Crippen molar-refractivity contribution in [3.8, 4) is 0 Å². The second kappa shape index (κ2) is 7.93. The van der Waals surface area contributed by atoms with Crippen LogP contribution in [-0.4, -0.2) is 39.2 Å². The lowest BCUT2D eigenvalue weighted by atomic mass is 10.1. The highest BCUT2D eigenvalue weighted by molar-refractivity contribution is 7.99. The van der Waals surface area contributed by atoms with Gasteiger partial charge in [-0.25, -0.2) is 0 Å². The van der Waals surface area contributed by atoms with Crippen molar-refractivity contribution in [2.45, 2.75) is 31.4 Å². The van der Waals surface area contributed by atoms with E-state index in [2.05, 4.69) is 40.8 Å². The minimum Gasteiger partial charge on any atom is -0.337 e. The van der Waals surface area contributed by atoms with E-state index >= 15 is 0 Å². The van der Waals surface area contributed by atoms with Crippen LogP contribution in [0.4, 0.5) is 0 Å². The van der Waals surface area contributed by atoms with Crippen molar-refractivity contribution in [3.63, 3.8) is 0 Å². The third kappa shape index (κ3) is 3.93. The fourth-order valence-electron chi connectivity index (χ4n) is 2.82. The molecule has 122 valence electrons. The lowest BCUT2D eigenvalue weighted by Gasteiger charge is -2.19. The molecule has 1 aliphatic rings. The fraction of sp³-hybridized carbons (Fsp3) is 0.471. The summed E-state index contributed by atoms with van der Waals surface area (Å²) in [7, 11) is 0. The predicted molar refractivity (Wildman–Crippen MR) is 96.1 cm³/mol. The number of carbonyl (C=O) groups is 1. The Labute approximate surface area is 145 Å². The summed E-state index contributed by atoms with van der Waals surface area (Å²) in [6, 6.07) is 10.6. The van der Waals surface area contributed by atoms with Crippen molar-refractivity contribution in [2.24, 2.45) is 0 Å². The summed E-state index contributed by atoms with van der Waals surface area (Å²) in [5, 5.41) is 4.60. The quantitative estimate of drug-likeness (QED) is 0.844. The van der Waals surface area contributed by atoms with Crippen LogP contribution in [0.5, 0.6) is 0 Å². The van der Waals surface area contributed by atoms with Gasteiger partial charge >= 0.3 is 0 Å². The number of nitrogens with zero attached hydrogens (tertiary/aromatic N) is 3. The molecule has 1 saturated heterocycles. The van der Waals surface area contributed by atoms with Crippen LogP contribution in [0.1, 0.15) is 45.9 Å². The van der Waals surface area contributed by atoms with Crippen LogP contribution in [0.15, 0.2) is 30.3 Å². The molecule has 1 fully saturated rings. The molecular weight excluding hydrogens is 326 g/mol. The van der Waals surface area contributed by atoms with Gasteiger partial charge in [-0.05, 0) is 29.9 Å². The zero-order chi connectivity index (χ0) is 16.1. The molecule has 0 radical (unpaired) electrons. The molecule has 23 heavy (non-hydrogen) atoms. The Bertz CT molecular complexity index is 644. The SMILES string of the molecule is CCCc1nnsc1C(=O)N1CCSC(c2ccccc2)CC1. The average molecular weight is 348 g/mol. The van der Waals surface area contributed by atoms with Crippen LogP contribution in [0.25, 0.3) is 0 Å². The van der Waals surface area contributed by atoms with Gasteiger partial charge in [-0.3, -0.25) is 4.79 Å². The summed E-state index contributed by atoms with van der Waals surface area (Å²) < 4.78 is 3.98. The Morgan fingerprint density at radius 1 is 1.30 bits per heavy atom. The first-order chi connectivity index (χ1) is 11.3. The lowest BCUT2D eigenvalue weighted by molar-refractivity contribution is 0.0770. The predicted octanol–water partition coefficient (Wildman–Crippen LogP) is 3.81. The molecule has 0 saturated carbocycles. The minimum absolute atomic E-state index is 0.109. The highest BCUT2D eigenvalue weighted by Crippen LogP contribution is 2.34. The van der Waals surface area contributed by atoms with Gasteiger partial charge in [0.05, 0.1) is 5.69 Å². The Kier molecular flexibility index (Phi) is 5.67. The van der Waals surface area contributed by atoms with Crippen molar-refractivity contribution in [3.05, 3.63) is 46.5 Å². The Morgan fingerprint density at radius 2 is 2.13 bits per heavy atom. The standard InChI is InChI=1S/C17H21N3OS2/c1-2-6-14-16(23-19-18-14)17(21)20-10-9-15(22-12-11-20)13-7-4-3-5-8-13/h3-5,7-8,15H,2,6,9-12H2,1H3. The molecule has 3 rings (SSSR count). The van der Waals surface area contributed by atoms with E-state index in [9.17, 15) is 4.79 Å². The van der Waals surface area contributed by atoms with Crippen LogP contribution in [0.2, 0.25) is 0 Å². The monoisotopic (exact) mass is 347 g/mol. The summed E-state index contributed by atoms with van der Waals surface area (Å²) in [6.45, 7) is 3.70. The molecule has 0 bridgehead atoms. The molecule has 1 aromatic carbocycles. The molecule has 1 aliphatic heterocycles. The van der Waals surface area contributed by atoms with Gasteiger partial charge in [-0.15, -0.1) is 5.10 Å². The van der Waals surface area contributed by atoms with E-state index in [1.54, 1.807) is 0 Å². The first-order valence-corrected chi connectivity index (χ1v) is 9.89. The third-order valence-electron chi connectivity index (χ3n) is 4.04. The summed E-state index contributed by atoms with van der Waals surface area (Å²) >= 11 is 3.18. The van der Waals surface area contributed by atoms with Gasteiger partial charge in [-0.2, -0.15) is 11.8 Å². The van der Waals surface area contributed by atoms with Crippen LogP contribution in [0.3, 0.4) is 0 Å². The van der Waals surface area contributed by atoms with Crippen molar-refractivity contribution in [2.75, 3.05) is 18.8 Å². The number of thioether (sulfide) groups is 1. The van der Waals surface area contributed by atoms with Crippen LogP contribution >= 0.6 is 23.3 Å². The van der Waals surface area contributed by atoms with E-state index in [4.69, 9.17) is 0 Å². The van der Waals surface area contributed by atoms with E-state index in [1.807, 2.05) is 22.7 Å². The minimum atomic E-state index is 0.109. The Morgan fingerprint density at radius 3 is 2.91 bits per heavy atom. The Hall–Kier alpha value is -1.40. The number of rotatable bonds is 4. The summed E-state index contributed by atoms with van der Waals surface area (Å²) in [5.74, 6) is 1.08. The zero-order valence-corrected chi connectivity index (χ0v) is 14.9. The van der Waals surface area contributed by atoms with Crippen LogP contribution in [-0.2, 0) is 6.42 Å². The molecule has 0 aliphatic carbocycles. The summed E-state index contributed by atoms with van der Waals surface area (Å²) in [5.41, 5.74) is 2.22. The third-order valence-corrected chi connectivity index (χ3v) is 6.12. The topological polar surface area (TPSA) is 46.1 Å². The van der Waals surface area contributed by atoms with Gasteiger partial charge < -0.3 is 4.90 Å². The molecule has 6 heteroatoms. The van der Waals surface area contributed by atoms with Gasteiger partial charge in [0, 0.05) is 24.1 Å². The molecule has 2 aromatic rings. The van der Waals surface area contributed by atoms with E-state index in [-0.39, 0.29) is 5.91 Å². The molecule has 0 N–H and O–H groups in total. The van der Waals surface area contributed by atoms with Crippen molar-refractivity contribution in [1.82, 2.24) is 14.5 Å². The molecule has 1 atom stereocenters. The Balaban J connectivity index is 1.68. The van der Waals surface area contributed by atoms with E-state index in [1.165, 1.54) is 17.1 Å². The van der Waals surface area contributed by atoms with Crippen molar-refractivity contribution >= 4 is 29.2 Å². The maximum Gasteiger partial charge on any atom is 0.267 e. The highest BCUT2D eigenvalue weighted by Gasteiger charge is 2.25. The van der Waals surface area contributed by atoms with E-state index < -0.39 is 0 Å². The zero-order valence-electron chi connectivity index (χ0n) is 13.3. The molecule has 4 nitrogen and oxygen atoms in total. The van der Waals surface area contributed by atoms with Crippen LogP contribution < -0.4 is 0 Å². The maximum atomic E-state index is 12.8. The number of hydrogen-bond donors (Lipinski definition) is 0. The average Bonchev–Trinajstić information content (AvgIpc) is 2.90. The maximum absolute atomic E-state index is 12.8. The fourth-order valence-corrected chi connectivity index (χ4v) is 4.73. The number of aromatic nitrogens is 2. The smallest absolute Gasteiger partial charge is 0.267 e. The molecule has 0 spiro atoms. The lowest BCUT2D eigenvalue weighted by Crippen LogP contribution is -2.33. The normalized spacial score (nSPS) is 18.7. The second-order valence-corrected chi connectivity index (χ2v) is 7.71. The molecule has 1 amide bonds. The van der Waals surface area contributed by atoms with Crippen LogP contribution in [0, 0.1) is 0 Å². The first kappa shape index (κ1) is 16.5. The highest BCUT2D eigenvalue weighted by atomic mass is 32.2. The molecule has 1 aromatic heterocycles. The molecule has 2 heterocycles. The second-order valence-electron chi connectivity index (χ2n) is 5.65. The molecular formula is C17H21N3OS2. The van der Waals surface area contributed by atoms with Crippen molar-refractivity contribution < 1.29 is 4.79 Å².